The topological polar surface area (TPSA) is 80.5 Å². The number of carbonyl (C=O) groups excluding carboxylic acids is 1. The average Bonchev–Trinajstić information content (AvgIpc) is 2.26. The van der Waals surface area contributed by atoms with Gasteiger partial charge < -0.3 is 10.6 Å². The van der Waals surface area contributed by atoms with Crippen molar-refractivity contribution in [1.29, 1.82) is 0 Å². The Labute approximate surface area is 118 Å². The molecule has 2 N–H and O–H groups in total. The normalized spacial score (nSPS) is 11.3. The Hall–Kier alpha value is -1.21. The summed E-state index contributed by atoms with van der Waals surface area (Å²) in [4.78, 5) is 14.2. The van der Waals surface area contributed by atoms with E-state index in [1.165, 1.54) is 22.9 Å². The summed E-state index contributed by atoms with van der Waals surface area (Å²) in [6.45, 7) is 0. The maximum absolute atomic E-state index is 12.0. The molecule has 1 rings (SSSR count). The number of hydrogen-bond donors (Lipinski definition) is 1. The molecule has 0 heterocycles. The highest BCUT2D eigenvalue weighted by atomic mass is 32.2. The Balaban J connectivity index is 2.92. The van der Waals surface area contributed by atoms with Crippen LogP contribution in [0.25, 0.3) is 0 Å². The van der Waals surface area contributed by atoms with Crippen molar-refractivity contribution < 1.29 is 13.2 Å². The van der Waals surface area contributed by atoms with Crippen LogP contribution in [0.5, 0.6) is 0 Å². The lowest BCUT2D eigenvalue weighted by Gasteiger charge is -2.14. The fourth-order valence-electron chi connectivity index (χ4n) is 1.38. The predicted octanol–water partition coefficient (Wildman–Crippen LogP) is 1.11. The van der Waals surface area contributed by atoms with Gasteiger partial charge in [-0.25, -0.2) is 8.42 Å². The second-order valence-corrected chi connectivity index (χ2v) is 7.83. The minimum Gasteiger partial charge on any atom is -0.399 e. The summed E-state index contributed by atoms with van der Waals surface area (Å²) in [5.74, 6) is 0.347. The van der Waals surface area contributed by atoms with Crippen molar-refractivity contribution in [3.05, 3.63) is 23.8 Å². The third-order valence-electron chi connectivity index (χ3n) is 2.35. The number of sulfone groups is 1. The standard InChI is InChI=1S/C12H18N2O3S2/c1-14(2)12(15)10-5-4-9(13)8-11(10)18-6-7-19(3,16)17/h4-5,8H,6-7,13H2,1-3H3. The number of nitrogens with zero attached hydrogens (tertiary/aromatic N) is 1. The Morgan fingerprint density at radius 1 is 1.37 bits per heavy atom. The molecule has 0 spiro atoms. The second kappa shape index (κ2) is 6.29. The Morgan fingerprint density at radius 3 is 2.53 bits per heavy atom. The van der Waals surface area contributed by atoms with Crippen LogP contribution in [-0.4, -0.2) is 51.1 Å². The van der Waals surface area contributed by atoms with Crippen LogP contribution in [-0.2, 0) is 9.84 Å². The third kappa shape index (κ3) is 5.12. The van der Waals surface area contributed by atoms with Crippen molar-refractivity contribution in [2.45, 2.75) is 4.90 Å². The lowest BCUT2D eigenvalue weighted by Crippen LogP contribution is -2.22. The van der Waals surface area contributed by atoms with Crippen molar-refractivity contribution in [3.8, 4) is 0 Å². The van der Waals surface area contributed by atoms with Gasteiger partial charge in [0.1, 0.15) is 9.84 Å². The van der Waals surface area contributed by atoms with Gasteiger partial charge in [-0.05, 0) is 18.2 Å². The number of benzene rings is 1. The summed E-state index contributed by atoms with van der Waals surface area (Å²) in [5.41, 5.74) is 6.80. The number of hydrogen-bond acceptors (Lipinski definition) is 5. The predicted molar refractivity (Wildman–Crippen MR) is 79.3 cm³/mol. The van der Waals surface area contributed by atoms with Crippen molar-refractivity contribution in [1.82, 2.24) is 4.90 Å². The lowest BCUT2D eigenvalue weighted by molar-refractivity contribution is 0.0824. The Morgan fingerprint density at radius 2 is 2.00 bits per heavy atom. The molecule has 0 aliphatic carbocycles. The van der Waals surface area contributed by atoms with Gasteiger partial charge in [0.2, 0.25) is 0 Å². The van der Waals surface area contributed by atoms with E-state index in [0.29, 0.717) is 21.9 Å². The van der Waals surface area contributed by atoms with Gasteiger partial charge in [0.15, 0.2) is 0 Å². The molecule has 7 heteroatoms. The molecule has 1 aromatic rings. The van der Waals surface area contributed by atoms with Gasteiger partial charge in [-0.2, -0.15) is 0 Å². The highest BCUT2D eigenvalue weighted by Crippen LogP contribution is 2.26. The van der Waals surface area contributed by atoms with Gasteiger partial charge in [-0.3, -0.25) is 4.79 Å². The van der Waals surface area contributed by atoms with Crippen LogP contribution in [0.3, 0.4) is 0 Å². The molecule has 0 saturated heterocycles. The molecule has 0 fully saturated rings. The highest BCUT2D eigenvalue weighted by molar-refractivity contribution is 8.00. The van der Waals surface area contributed by atoms with Crippen LogP contribution in [0, 0.1) is 0 Å². The van der Waals surface area contributed by atoms with Gasteiger partial charge in [-0.15, -0.1) is 11.8 Å². The van der Waals surface area contributed by atoms with Crippen molar-refractivity contribution in [2.24, 2.45) is 0 Å². The van der Waals surface area contributed by atoms with Crippen molar-refractivity contribution >= 4 is 33.2 Å². The fourth-order valence-corrected chi connectivity index (χ4v) is 3.67. The highest BCUT2D eigenvalue weighted by Gasteiger charge is 2.14. The van der Waals surface area contributed by atoms with E-state index in [-0.39, 0.29) is 11.7 Å². The summed E-state index contributed by atoms with van der Waals surface area (Å²) in [7, 11) is 0.339. The zero-order chi connectivity index (χ0) is 14.6. The number of nitrogen functional groups attached to an aromatic ring is 1. The van der Waals surface area contributed by atoms with E-state index in [1.807, 2.05) is 0 Å². The van der Waals surface area contributed by atoms with E-state index in [0.717, 1.165) is 0 Å². The summed E-state index contributed by atoms with van der Waals surface area (Å²) in [6.07, 6.45) is 1.19. The summed E-state index contributed by atoms with van der Waals surface area (Å²) >= 11 is 1.33. The first-order chi connectivity index (χ1) is 8.70. The Bertz CT molecular complexity index is 568. The van der Waals surface area contributed by atoms with Gasteiger partial charge >= 0.3 is 0 Å². The molecular formula is C12H18N2O3S2. The van der Waals surface area contributed by atoms with Gasteiger partial charge in [0, 0.05) is 36.7 Å². The number of thioether (sulfide) groups is 1. The van der Waals surface area contributed by atoms with E-state index in [4.69, 9.17) is 5.73 Å². The smallest absolute Gasteiger partial charge is 0.254 e. The molecule has 0 aliphatic heterocycles. The molecule has 19 heavy (non-hydrogen) atoms. The first-order valence-corrected chi connectivity index (χ1v) is 8.67. The minimum atomic E-state index is -3.00. The lowest BCUT2D eigenvalue weighted by atomic mass is 10.2. The van der Waals surface area contributed by atoms with Gasteiger partial charge in [0.25, 0.3) is 5.91 Å². The largest absolute Gasteiger partial charge is 0.399 e. The molecular weight excluding hydrogens is 284 g/mol. The number of anilines is 1. The minimum absolute atomic E-state index is 0.0715. The molecule has 5 nitrogen and oxygen atoms in total. The van der Waals surface area contributed by atoms with E-state index in [2.05, 4.69) is 0 Å². The molecule has 0 saturated carbocycles. The third-order valence-corrected chi connectivity index (χ3v) is 4.62. The zero-order valence-corrected chi connectivity index (χ0v) is 12.8. The maximum Gasteiger partial charge on any atom is 0.254 e. The molecule has 0 bridgehead atoms. The monoisotopic (exact) mass is 302 g/mol. The first kappa shape index (κ1) is 15.8. The molecule has 0 radical (unpaired) electrons. The van der Waals surface area contributed by atoms with Crippen LogP contribution in [0.4, 0.5) is 5.69 Å². The number of nitrogens with two attached hydrogens (primary N) is 1. The van der Waals surface area contributed by atoms with E-state index in [9.17, 15) is 13.2 Å². The Kier molecular flexibility index (Phi) is 5.25. The SMILES string of the molecule is CN(C)C(=O)c1ccc(N)cc1SCCS(C)(=O)=O. The maximum atomic E-state index is 12.0. The number of carbonyl (C=O) groups is 1. The average molecular weight is 302 g/mol. The van der Waals surface area contributed by atoms with E-state index < -0.39 is 9.84 Å². The molecule has 0 aliphatic rings. The van der Waals surface area contributed by atoms with Crippen LogP contribution in [0.1, 0.15) is 10.4 Å². The number of rotatable bonds is 5. The quantitative estimate of drug-likeness (QED) is 0.651. The molecule has 1 aromatic carbocycles. The molecule has 0 atom stereocenters. The van der Waals surface area contributed by atoms with Crippen molar-refractivity contribution in [2.75, 3.05) is 37.6 Å². The van der Waals surface area contributed by atoms with E-state index >= 15 is 0 Å². The van der Waals surface area contributed by atoms with Crippen LogP contribution in [0.15, 0.2) is 23.1 Å². The summed E-state index contributed by atoms with van der Waals surface area (Å²) in [6, 6.07) is 5.03. The molecule has 106 valence electrons. The summed E-state index contributed by atoms with van der Waals surface area (Å²) < 4.78 is 22.2. The van der Waals surface area contributed by atoms with Gasteiger partial charge in [0.05, 0.1) is 11.3 Å². The molecule has 1 amide bonds. The van der Waals surface area contributed by atoms with Crippen LogP contribution >= 0.6 is 11.8 Å². The van der Waals surface area contributed by atoms with Crippen LogP contribution in [0.2, 0.25) is 0 Å². The van der Waals surface area contributed by atoms with Gasteiger partial charge in [-0.1, -0.05) is 0 Å². The fraction of sp³-hybridized carbons (Fsp3) is 0.417. The first-order valence-electron chi connectivity index (χ1n) is 5.62. The zero-order valence-electron chi connectivity index (χ0n) is 11.2. The van der Waals surface area contributed by atoms with Crippen LogP contribution < -0.4 is 5.73 Å². The number of amides is 1. The molecule has 0 unspecified atom stereocenters. The van der Waals surface area contributed by atoms with E-state index in [1.54, 1.807) is 32.3 Å². The van der Waals surface area contributed by atoms with Crippen molar-refractivity contribution in [3.63, 3.8) is 0 Å². The summed E-state index contributed by atoms with van der Waals surface area (Å²) in [5, 5.41) is 0. The molecule has 0 aromatic heterocycles. The second-order valence-electron chi connectivity index (χ2n) is 4.43.